The van der Waals surface area contributed by atoms with Crippen molar-refractivity contribution in [2.24, 2.45) is 0 Å². The Morgan fingerprint density at radius 2 is 2.00 bits per heavy atom. The highest BCUT2D eigenvalue weighted by atomic mass is 16.5. The van der Waals surface area contributed by atoms with E-state index >= 15 is 0 Å². The van der Waals surface area contributed by atoms with E-state index in [0.29, 0.717) is 29.1 Å². The Bertz CT molecular complexity index is 1060. The van der Waals surface area contributed by atoms with E-state index in [4.69, 9.17) is 4.74 Å². The lowest BCUT2D eigenvalue weighted by atomic mass is 10.1. The topological polar surface area (TPSA) is 80.6 Å². The van der Waals surface area contributed by atoms with Crippen molar-refractivity contribution in [2.75, 3.05) is 25.5 Å². The minimum absolute atomic E-state index is 0.145. The normalized spacial score (nSPS) is 15.8. The Hall–Kier alpha value is -3.42. The first-order valence-corrected chi connectivity index (χ1v) is 9.11. The van der Waals surface area contributed by atoms with E-state index in [1.807, 2.05) is 31.2 Å². The van der Waals surface area contributed by atoms with E-state index in [1.165, 1.54) is 4.90 Å². The summed E-state index contributed by atoms with van der Waals surface area (Å²) in [5.74, 6) is 0.120. The number of nitrogens with zero attached hydrogens (tertiary/aromatic N) is 5. The van der Waals surface area contributed by atoms with E-state index in [1.54, 1.807) is 41.9 Å². The zero-order valence-corrected chi connectivity index (χ0v) is 16.0. The van der Waals surface area contributed by atoms with Gasteiger partial charge in [0.1, 0.15) is 11.3 Å². The number of benzene rings is 2. The summed E-state index contributed by atoms with van der Waals surface area (Å²) in [5, 5.41) is 8.23. The van der Waals surface area contributed by atoms with Crippen molar-refractivity contribution in [3.05, 3.63) is 48.0 Å². The molecule has 8 heteroatoms. The van der Waals surface area contributed by atoms with E-state index in [-0.39, 0.29) is 18.4 Å². The molecule has 3 aromatic rings. The van der Waals surface area contributed by atoms with Crippen LogP contribution >= 0.6 is 0 Å². The van der Waals surface area contributed by atoms with Gasteiger partial charge in [0, 0.05) is 26.2 Å². The van der Waals surface area contributed by atoms with Gasteiger partial charge in [0.25, 0.3) is 11.8 Å². The van der Waals surface area contributed by atoms with Gasteiger partial charge in [-0.1, -0.05) is 17.3 Å². The molecule has 8 nitrogen and oxygen atoms in total. The number of aromatic nitrogens is 3. The van der Waals surface area contributed by atoms with Crippen LogP contribution in [-0.2, 0) is 11.3 Å². The summed E-state index contributed by atoms with van der Waals surface area (Å²) in [4.78, 5) is 28.8. The molecule has 2 aromatic carbocycles. The molecule has 0 saturated carbocycles. The van der Waals surface area contributed by atoms with Crippen molar-refractivity contribution in [3.63, 3.8) is 0 Å². The second kappa shape index (κ2) is 6.95. The summed E-state index contributed by atoms with van der Waals surface area (Å²) in [6.45, 7) is 2.83. The first-order valence-electron chi connectivity index (χ1n) is 9.11. The first-order chi connectivity index (χ1) is 13.5. The molecule has 0 spiro atoms. The van der Waals surface area contributed by atoms with Crippen LogP contribution in [-0.4, -0.2) is 58.5 Å². The van der Waals surface area contributed by atoms with Crippen LogP contribution in [0.1, 0.15) is 17.3 Å². The van der Waals surface area contributed by atoms with Gasteiger partial charge in [-0.25, -0.2) is 4.68 Å². The van der Waals surface area contributed by atoms with Gasteiger partial charge in [0.15, 0.2) is 6.10 Å². The van der Waals surface area contributed by atoms with Gasteiger partial charge < -0.3 is 14.5 Å². The van der Waals surface area contributed by atoms with Crippen LogP contribution < -0.4 is 9.64 Å². The number of ether oxygens (including phenoxy) is 1. The molecule has 2 heterocycles. The highest BCUT2D eigenvalue weighted by Gasteiger charge is 2.35. The van der Waals surface area contributed by atoms with Crippen LogP contribution in [0.15, 0.2) is 42.5 Å². The fourth-order valence-corrected chi connectivity index (χ4v) is 3.34. The average Bonchev–Trinajstić information content (AvgIpc) is 3.14. The second-order valence-corrected chi connectivity index (χ2v) is 6.83. The maximum Gasteiger partial charge on any atom is 0.265 e. The summed E-state index contributed by atoms with van der Waals surface area (Å²) in [7, 11) is 3.34. The Kier molecular flexibility index (Phi) is 4.46. The molecule has 0 N–H and O–H groups in total. The number of hydrogen-bond donors (Lipinski definition) is 0. The number of carbonyl (C=O) groups excluding carboxylic acids is 2. The molecule has 0 aliphatic carbocycles. The smallest absolute Gasteiger partial charge is 0.265 e. The van der Waals surface area contributed by atoms with Gasteiger partial charge in [0.2, 0.25) is 0 Å². The number of carbonyl (C=O) groups is 2. The van der Waals surface area contributed by atoms with Crippen LogP contribution in [0, 0.1) is 0 Å². The van der Waals surface area contributed by atoms with Crippen LogP contribution in [0.25, 0.3) is 11.0 Å². The van der Waals surface area contributed by atoms with Crippen molar-refractivity contribution in [2.45, 2.75) is 19.6 Å². The number of aryl methyl sites for hydroxylation is 1. The molecule has 0 saturated heterocycles. The molecule has 0 radical (unpaired) electrons. The van der Waals surface area contributed by atoms with Gasteiger partial charge in [0.05, 0.1) is 17.7 Å². The predicted octanol–water partition coefficient (Wildman–Crippen LogP) is 1.95. The van der Waals surface area contributed by atoms with Gasteiger partial charge in [-0.15, -0.1) is 5.10 Å². The molecule has 1 atom stereocenters. The van der Waals surface area contributed by atoms with E-state index in [2.05, 4.69) is 10.3 Å². The fourth-order valence-electron chi connectivity index (χ4n) is 3.34. The van der Waals surface area contributed by atoms with E-state index < -0.39 is 6.10 Å². The minimum Gasteiger partial charge on any atom is -0.476 e. The highest BCUT2D eigenvalue weighted by Crippen LogP contribution is 2.34. The zero-order chi connectivity index (χ0) is 19.8. The van der Waals surface area contributed by atoms with Crippen LogP contribution in [0.5, 0.6) is 5.75 Å². The predicted molar refractivity (Wildman–Crippen MR) is 104 cm³/mol. The maximum absolute atomic E-state index is 13.3. The molecule has 2 amide bonds. The summed E-state index contributed by atoms with van der Waals surface area (Å²) >= 11 is 0. The number of hydrogen-bond acceptors (Lipinski definition) is 5. The fraction of sp³-hybridized carbons (Fsp3) is 0.300. The third-order valence-electron chi connectivity index (χ3n) is 4.80. The molecule has 144 valence electrons. The van der Waals surface area contributed by atoms with E-state index in [0.717, 1.165) is 5.52 Å². The van der Waals surface area contributed by atoms with Gasteiger partial charge in [-0.05, 0) is 37.3 Å². The monoisotopic (exact) mass is 379 g/mol. The first kappa shape index (κ1) is 18.0. The lowest BCUT2D eigenvalue weighted by Crippen LogP contribution is -2.50. The second-order valence-electron chi connectivity index (χ2n) is 6.83. The zero-order valence-electron chi connectivity index (χ0n) is 16.0. The SMILES string of the molecule is CCn1nnc2cc(C(=O)N3C[C@H](C(=O)N(C)C)Oc4ccccc43)ccc21. The van der Waals surface area contributed by atoms with Crippen LogP contribution in [0.3, 0.4) is 0 Å². The third-order valence-corrected chi connectivity index (χ3v) is 4.80. The summed E-state index contributed by atoms with van der Waals surface area (Å²) < 4.78 is 7.63. The molecule has 1 aromatic heterocycles. The Balaban J connectivity index is 1.72. The Morgan fingerprint density at radius 1 is 1.21 bits per heavy atom. The van der Waals surface area contributed by atoms with Crippen molar-refractivity contribution < 1.29 is 14.3 Å². The summed E-state index contributed by atoms with van der Waals surface area (Å²) in [6.07, 6.45) is -0.751. The molecule has 0 bridgehead atoms. The summed E-state index contributed by atoms with van der Waals surface area (Å²) in [5.41, 5.74) is 2.67. The lowest BCUT2D eigenvalue weighted by Gasteiger charge is -2.35. The molecular weight excluding hydrogens is 358 g/mol. The standard InChI is InChI=1S/C20H21N5O3/c1-4-25-15-10-9-13(11-14(15)21-22-25)19(26)24-12-18(20(27)23(2)3)28-17-8-6-5-7-16(17)24/h5-11,18H,4,12H2,1-3H3/t18-/m1/s1. The van der Waals surface area contributed by atoms with Gasteiger partial charge in [-0.3, -0.25) is 9.59 Å². The molecule has 28 heavy (non-hydrogen) atoms. The van der Waals surface area contributed by atoms with Gasteiger partial charge in [-0.2, -0.15) is 0 Å². The molecule has 1 aliphatic rings. The number of rotatable bonds is 3. The molecular formula is C20H21N5O3. The molecule has 0 fully saturated rings. The number of para-hydroxylation sites is 2. The quantitative estimate of drug-likeness (QED) is 0.695. The highest BCUT2D eigenvalue weighted by molar-refractivity contribution is 6.09. The van der Waals surface area contributed by atoms with Crippen LogP contribution in [0.4, 0.5) is 5.69 Å². The van der Waals surface area contributed by atoms with Crippen molar-refractivity contribution in [1.29, 1.82) is 0 Å². The van der Waals surface area contributed by atoms with Crippen molar-refractivity contribution >= 4 is 28.5 Å². The Morgan fingerprint density at radius 3 is 2.75 bits per heavy atom. The van der Waals surface area contributed by atoms with E-state index in [9.17, 15) is 9.59 Å². The number of likely N-dealkylation sites (N-methyl/N-ethyl adjacent to an activating group) is 1. The van der Waals surface area contributed by atoms with Crippen molar-refractivity contribution in [3.8, 4) is 5.75 Å². The maximum atomic E-state index is 13.3. The lowest BCUT2D eigenvalue weighted by molar-refractivity contribution is -0.135. The largest absolute Gasteiger partial charge is 0.476 e. The van der Waals surface area contributed by atoms with Crippen molar-refractivity contribution in [1.82, 2.24) is 19.9 Å². The Labute approximate surface area is 162 Å². The number of fused-ring (bicyclic) bond motifs is 2. The minimum atomic E-state index is -0.751. The molecule has 1 aliphatic heterocycles. The molecule has 4 rings (SSSR count). The summed E-state index contributed by atoms with van der Waals surface area (Å²) in [6, 6.07) is 12.6. The number of anilines is 1. The number of amides is 2. The van der Waals surface area contributed by atoms with Crippen LogP contribution in [0.2, 0.25) is 0 Å². The average molecular weight is 379 g/mol. The van der Waals surface area contributed by atoms with Gasteiger partial charge >= 0.3 is 0 Å². The third kappa shape index (κ3) is 2.96. The molecule has 0 unspecified atom stereocenters.